The number of pyridine rings is 1. The number of hydrogen-bond donors (Lipinski definition) is 1. The SMILES string of the molecule is Cc1cc(-n2ccc(OCc3ccc(C(F)(F)F)nc3)nc2=O)ccc1OCC(C)(C)O. The quantitative estimate of drug-likeness (QED) is 0.592. The lowest BCUT2D eigenvalue weighted by atomic mass is 10.1. The van der Waals surface area contributed by atoms with Crippen LogP contribution < -0.4 is 15.2 Å². The average molecular weight is 449 g/mol. The maximum absolute atomic E-state index is 12.6. The van der Waals surface area contributed by atoms with E-state index in [-0.39, 0.29) is 19.1 Å². The molecule has 170 valence electrons. The van der Waals surface area contributed by atoms with Gasteiger partial charge >= 0.3 is 11.9 Å². The Hall–Kier alpha value is -3.40. The van der Waals surface area contributed by atoms with Gasteiger partial charge in [-0.3, -0.25) is 9.55 Å². The summed E-state index contributed by atoms with van der Waals surface area (Å²) in [6.45, 7) is 5.12. The number of halogens is 3. The summed E-state index contributed by atoms with van der Waals surface area (Å²) in [7, 11) is 0. The molecule has 0 unspecified atom stereocenters. The molecular formula is C22H22F3N3O4. The molecule has 2 aromatic heterocycles. The highest BCUT2D eigenvalue weighted by molar-refractivity contribution is 5.43. The summed E-state index contributed by atoms with van der Waals surface area (Å²) in [5.41, 5.74) is -0.811. The lowest BCUT2D eigenvalue weighted by Gasteiger charge is -2.19. The normalized spacial score (nSPS) is 12.0. The highest BCUT2D eigenvalue weighted by Gasteiger charge is 2.32. The van der Waals surface area contributed by atoms with Crippen LogP contribution >= 0.6 is 0 Å². The summed E-state index contributed by atoms with van der Waals surface area (Å²) in [5.74, 6) is 0.620. The Kier molecular flexibility index (Phi) is 6.54. The molecule has 0 aliphatic carbocycles. The van der Waals surface area contributed by atoms with Gasteiger partial charge < -0.3 is 14.6 Å². The van der Waals surface area contributed by atoms with Crippen molar-refractivity contribution in [1.82, 2.24) is 14.5 Å². The summed E-state index contributed by atoms with van der Waals surface area (Å²) in [6.07, 6.45) is -1.96. The van der Waals surface area contributed by atoms with Crippen LogP contribution in [0.15, 0.2) is 53.6 Å². The molecule has 2 heterocycles. The van der Waals surface area contributed by atoms with E-state index in [1.165, 1.54) is 22.9 Å². The first-order valence-electron chi connectivity index (χ1n) is 9.63. The smallest absolute Gasteiger partial charge is 0.433 e. The predicted molar refractivity (Wildman–Crippen MR) is 110 cm³/mol. The van der Waals surface area contributed by atoms with Gasteiger partial charge in [-0.05, 0) is 50.6 Å². The molecule has 0 fully saturated rings. The maximum atomic E-state index is 12.6. The molecule has 3 rings (SSSR count). The Labute approximate surface area is 182 Å². The van der Waals surface area contributed by atoms with Crippen molar-refractivity contribution in [3.8, 4) is 17.3 Å². The van der Waals surface area contributed by atoms with Gasteiger partial charge in [-0.1, -0.05) is 6.07 Å². The standard InChI is InChI=1S/C22H22F3N3O4/c1-14-10-16(5-6-17(14)32-13-21(2,3)30)28-9-8-19(27-20(28)29)31-12-15-4-7-18(26-11-15)22(23,24)25/h4-11,30H,12-13H2,1-3H3. The van der Waals surface area contributed by atoms with Gasteiger partial charge in [-0.15, -0.1) is 0 Å². The Bertz CT molecular complexity index is 1140. The molecular weight excluding hydrogens is 427 g/mol. The molecule has 0 aliphatic heterocycles. The van der Waals surface area contributed by atoms with Crippen molar-refractivity contribution < 1.29 is 27.8 Å². The monoisotopic (exact) mass is 449 g/mol. The molecule has 3 aromatic rings. The van der Waals surface area contributed by atoms with Crippen LogP contribution in [0.2, 0.25) is 0 Å². The van der Waals surface area contributed by atoms with Crippen molar-refractivity contribution in [3.63, 3.8) is 0 Å². The second-order valence-corrected chi connectivity index (χ2v) is 7.81. The number of nitrogens with zero attached hydrogens (tertiary/aromatic N) is 3. The third-order valence-corrected chi connectivity index (χ3v) is 4.30. The summed E-state index contributed by atoms with van der Waals surface area (Å²) in [6, 6.07) is 8.72. The van der Waals surface area contributed by atoms with Gasteiger partial charge in [0.1, 0.15) is 24.7 Å². The molecule has 0 saturated heterocycles. The first kappa shape index (κ1) is 23.3. The lowest BCUT2D eigenvalue weighted by Crippen LogP contribution is -2.28. The first-order chi connectivity index (χ1) is 14.9. The van der Waals surface area contributed by atoms with E-state index in [2.05, 4.69) is 9.97 Å². The summed E-state index contributed by atoms with van der Waals surface area (Å²) >= 11 is 0. The van der Waals surface area contributed by atoms with Crippen LogP contribution in [0, 0.1) is 6.92 Å². The summed E-state index contributed by atoms with van der Waals surface area (Å²) < 4.78 is 50.0. The molecule has 0 amide bonds. The number of aryl methyl sites for hydroxylation is 1. The van der Waals surface area contributed by atoms with E-state index in [1.54, 1.807) is 32.0 Å². The van der Waals surface area contributed by atoms with Crippen molar-refractivity contribution in [1.29, 1.82) is 0 Å². The number of aliphatic hydroxyl groups is 1. The summed E-state index contributed by atoms with van der Waals surface area (Å²) in [5, 5.41) is 9.79. The molecule has 1 aromatic carbocycles. The second kappa shape index (κ2) is 8.99. The van der Waals surface area contributed by atoms with Crippen LogP contribution in [0.5, 0.6) is 11.6 Å². The highest BCUT2D eigenvalue weighted by Crippen LogP contribution is 2.27. The summed E-state index contributed by atoms with van der Waals surface area (Å²) in [4.78, 5) is 19.7. The number of hydrogen-bond acceptors (Lipinski definition) is 6. The zero-order chi connectivity index (χ0) is 23.5. The first-order valence-corrected chi connectivity index (χ1v) is 9.63. The zero-order valence-corrected chi connectivity index (χ0v) is 17.7. The van der Waals surface area contributed by atoms with Crippen molar-refractivity contribution in [2.24, 2.45) is 0 Å². The van der Waals surface area contributed by atoms with E-state index in [4.69, 9.17) is 9.47 Å². The highest BCUT2D eigenvalue weighted by atomic mass is 19.4. The Morgan fingerprint density at radius 3 is 2.41 bits per heavy atom. The third kappa shape index (κ3) is 6.07. The zero-order valence-electron chi connectivity index (χ0n) is 17.7. The fourth-order valence-corrected chi connectivity index (χ4v) is 2.70. The van der Waals surface area contributed by atoms with Gasteiger partial charge in [0.25, 0.3) is 0 Å². The molecule has 0 radical (unpaired) electrons. The van der Waals surface area contributed by atoms with E-state index in [1.807, 2.05) is 6.92 Å². The molecule has 1 N–H and O–H groups in total. The Balaban J connectivity index is 1.69. The molecule has 7 nitrogen and oxygen atoms in total. The van der Waals surface area contributed by atoms with Crippen LogP contribution in [0.1, 0.15) is 30.7 Å². The minimum atomic E-state index is -4.51. The average Bonchev–Trinajstić information content (AvgIpc) is 2.70. The second-order valence-electron chi connectivity index (χ2n) is 7.81. The van der Waals surface area contributed by atoms with E-state index >= 15 is 0 Å². The molecule has 0 bridgehead atoms. The Morgan fingerprint density at radius 1 is 1.09 bits per heavy atom. The van der Waals surface area contributed by atoms with Crippen molar-refractivity contribution in [2.75, 3.05) is 6.61 Å². The Morgan fingerprint density at radius 2 is 1.84 bits per heavy atom. The van der Waals surface area contributed by atoms with Crippen LogP contribution in [0.4, 0.5) is 13.2 Å². The topological polar surface area (TPSA) is 86.5 Å². The van der Waals surface area contributed by atoms with Crippen molar-refractivity contribution >= 4 is 0 Å². The van der Waals surface area contributed by atoms with Gasteiger partial charge in [-0.2, -0.15) is 18.2 Å². The molecule has 0 saturated carbocycles. The number of benzene rings is 1. The van der Waals surface area contributed by atoms with E-state index in [0.717, 1.165) is 17.8 Å². The molecule has 0 aliphatic rings. The molecule has 10 heteroatoms. The maximum Gasteiger partial charge on any atom is 0.433 e. The van der Waals surface area contributed by atoms with Crippen LogP contribution in [-0.4, -0.2) is 31.8 Å². The molecule has 0 atom stereocenters. The number of aromatic nitrogens is 3. The van der Waals surface area contributed by atoms with Gasteiger partial charge in [-0.25, -0.2) is 4.79 Å². The van der Waals surface area contributed by atoms with Gasteiger partial charge in [0.05, 0.1) is 11.3 Å². The molecule has 32 heavy (non-hydrogen) atoms. The third-order valence-electron chi connectivity index (χ3n) is 4.30. The van der Waals surface area contributed by atoms with E-state index in [9.17, 15) is 23.1 Å². The van der Waals surface area contributed by atoms with Crippen LogP contribution in [-0.2, 0) is 12.8 Å². The minimum absolute atomic E-state index is 0.0352. The van der Waals surface area contributed by atoms with Crippen molar-refractivity contribution in [3.05, 3.63) is 76.1 Å². The predicted octanol–water partition coefficient (Wildman–Crippen LogP) is 3.68. The number of ether oxygens (including phenoxy) is 2. The van der Waals surface area contributed by atoms with Crippen molar-refractivity contribution in [2.45, 2.75) is 39.2 Å². The fraction of sp³-hybridized carbons (Fsp3) is 0.318. The fourth-order valence-electron chi connectivity index (χ4n) is 2.70. The number of rotatable bonds is 7. The largest absolute Gasteiger partial charge is 0.490 e. The van der Waals surface area contributed by atoms with E-state index < -0.39 is 23.2 Å². The van der Waals surface area contributed by atoms with Gasteiger partial charge in [0.15, 0.2) is 0 Å². The van der Waals surface area contributed by atoms with E-state index in [0.29, 0.717) is 17.0 Å². The van der Waals surface area contributed by atoms with Gasteiger partial charge in [0, 0.05) is 24.0 Å². The minimum Gasteiger partial charge on any atom is -0.490 e. The lowest BCUT2D eigenvalue weighted by molar-refractivity contribution is -0.141. The van der Waals surface area contributed by atoms with Crippen LogP contribution in [0.3, 0.4) is 0 Å². The number of alkyl halides is 3. The molecule has 0 spiro atoms. The van der Waals surface area contributed by atoms with Gasteiger partial charge in [0.2, 0.25) is 5.88 Å². The van der Waals surface area contributed by atoms with Crippen LogP contribution in [0.25, 0.3) is 5.69 Å².